The Kier molecular flexibility index (Phi) is 5.48. The highest BCUT2D eigenvalue weighted by Gasteiger charge is 2.21. The fraction of sp³-hybridized carbons (Fsp3) is 0.333. The Morgan fingerprint density at radius 1 is 1.12 bits per heavy atom. The molecule has 1 aromatic heterocycles. The molecule has 2 heterocycles. The van der Waals surface area contributed by atoms with E-state index < -0.39 is 0 Å². The molecule has 1 aliphatic rings. The molecule has 0 unspecified atom stereocenters. The number of likely N-dealkylation sites (tertiary alicyclic amines) is 1. The van der Waals surface area contributed by atoms with Crippen LogP contribution in [0.3, 0.4) is 0 Å². The van der Waals surface area contributed by atoms with E-state index >= 15 is 0 Å². The van der Waals surface area contributed by atoms with Crippen LogP contribution in [-0.4, -0.2) is 38.8 Å². The van der Waals surface area contributed by atoms with E-state index in [1.54, 1.807) is 18.5 Å². The number of hydrazone groups is 1. The maximum Gasteiger partial charge on any atom is 0.189 e. The molecule has 3 rings (SSSR count). The summed E-state index contributed by atoms with van der Waals surface area (Å²) in [6, 6.07) is 12.5. The fourth-order valence-electron chi connectivity index (χ4n) is 2.88. The molecule has 0 saturated carbocycles. The topological polar surface area (TPSA) is 53.4 Å². The first-order chi connectivity index (χ1) is 11.7. The molecular formula is C18H21N5S. The lowest BCUT2D eigenvalue weighted by atomic mass is 9.90. The van der Waals surface area contributed by atoms with Gasteiger partial charge in [-0.25, -0.2) is 9.97 Å². The number of hydrogen-bond donors (Lipinski definition) is 1. The first kappa shape index (κ1) is 16.5. The number of piperidine rings is 1. The molecule has 1 N–H and O–H groups in total. The number of thiocarbonyl (C=S) groups is 1. The maximum atomic E-state index is 5.46. The van der Waals surface area contributed by atoms with E-state index in [4.69, 9.17) is 12.2 Å². The van der Waals surface area contributed by atoms with Crippen LogP contribution in [0.1, 0.15) is 37.1 Å². The van der Waals surface area contributed by atoms with Gasteiger partial charge in [0.05, 0.1) is 0 Å². The van der Waals surface area contributed by atoms with E-state index in [9.17, 15) is 0 Å². The molecule has 0 radical (unpaired) electrons. The summed E-state index contributed by atoms with van der Waals surface area (Å²) in [7, 11) is 0. The predicted molar refractivity (Wildman–Crippen MR) is 100.0 cm³/mol. The van der Waals surface area contributed by atoms with Crippen molar-refractivity contribution < 1.29 is 0 Å². The van der Waals surface area contributed by atoms with Crippen LogP contribution >= 0.6 is 12.2 Å². The van der Waals surface area contributed by atoms with Gasteiger partial charge in [0.1, 0.15) is 5.71 Å². The Hall–Kier alpha value is -2.34. The van der Waals surface area contributed by atoms with Gasteiger partial charge in [-0.3, -0.25) is 5.43 Å². The zero-order chi connectivity index (χ0) is 16.8. The minimum atomic E-state index is 0.607. The van der Waals surface area contributed by atoms with Crippen LogP contribution in [0.25, 0.3) is 0 Å². The Bertz CT molecular complexity index is 694. The van der Waals surface area contributed by atoms with Crippen molar-refractivity contribution in [1.82, 2.24) is 20.3 Å². The van der Waals surface area contributed by atoms with E-state index in [1.165, 1.54) is 5.56 Å². The molecular weight excluding hydrogens is 318 g/mol. The highest BCUT2D eigenvalue weighted by atomic mass is 32.1. The van der Waals surface area contributed by atoms with Gasteiger partial charge in [0.2, 0.25) is 0 Å². The smallest absolute Gasteiger partial charge is 0.189 e. The van der Waals surface area contributed by atoms with Gasteiger partial charge in [-0.2, -0.15) is 5.10 Å². The van der Waals surface area contributed by atoms with Crippen molar-refractivity contribution in [2.45, 2.75) is 25.7 Å². The standard InChI is InChI=1S/C18H21N5S/c1-14(17-19-10-5-11-20-17)21-22-18(24)23-12-8-16(9-13-23)15-6-3-2-4-7-15/h2-7,10-11,16H,8-9,12-13H2,1H3,(H,22,24)/b21-14+. The van der Waals surface area contributed by atoms with Crippen molar-refractivity contribution in [2.75, 3.05) is 13.1 Å². The number of nitrogens with one attached hydrogen (secondary N) is 1. The van der Waals surface area contributed by atoms with Crippen molar-refractivity contribution >= 4 is 23.0 Å². The van der Waals surface area contributed by atoms with Crippen molar-refractivity contribution in [2.24, 2.45) is 5.10 Å². The van der Waals surface area contributed by atoms with Gasteiger partial charge in [0.25, 0.3) is 0 Å². The molecule has 0 atom stereocenters. The zero-order valence-corrected chi connectivity index (χ0v) is 14.5. The van der Waals surface area contributed by atoms with Gasteiger partial charge in [0.15, 0.2) is 10.9 Å². The Morgan fingerprint density at radius 3 is 2.46 bits per heavy atom. The second-order valence-electron chi connectivity index (χ2n) is 5.86. The van der Waals surface area contributed by atoms with Crippen LogP contribution in [-0.2, 0) is 0 Å². The van der Waals surface area contributed by atoms with Crippen LogP contribution < -0.4 is 5.43 Å². The van der Waals surface area contributed by atoms with E-state index in [-0.39, 0.29) is 0 Å². The largest absolute Gasteiger partial charge is 0.348 e. The normalized spacial score (nSPS) is 16.0. The average Bonchev–Trinajstić information content (AvgIpc) is 2.67. The average molecular weight is 339 g/mol. The second-order valence-corrected chi connectivity index (χ2v) is 6.25. The first-order valence-electron chi connectivity index (χ1n) is 8.15. The molecule has 0 amide bonds. The molecule has 1 aliphatic heterocycles. The van der Waals surface area contributed by atoms with E-state index in [0.29, 0.717) is 16.9 Å². The Morgan fingerprint density at radius 2 is 1.79 bits per heavy atom. The molecule has 0 aliphatic carbocycles. The van der Waals surface area contributed by atoms with Gasteiger partial charge in [-0.15, -0.1) is 0 Å². The summed E-state index contributed by atoms with van der Waals surface area (Å²) in [6.07, 6.45) is 5.62. The summed E-state index contributed by atoms with van der Waals surface area (Å²) in [5, 5.41) is 4.97. The van der Waals surface area contributed by atoms with Crippen LogP contribution in [0.15, 0.2) is 53.9 Å². The van der Waals surface area contributed by atoms with Gasteiger partial charge < -0.3 is 4.90 Å². The van der Waals surface area contributed by atoms with Crippen molar-refractivity contribution in [1.29, 1.82) is 0 Å². The maximum absolute atomic E-state index is 5.46. The molecule has 24 heavy (non-hydrogen) atoms. The first-order valence-corrected chi connectivity index (χ1v) is 8.56. The molecule has 2 aromatic rings. The van der Waals surface area contributed by atoms with Crippen LogP contribution in [0.5, 0.6) is 0 Å². The second kappa shape index (κ2) is 7.97. The lowest BCUT2D eigenvalue weighted by Crippen LogP contribution is -2.42. The van der Waals surface area contributed by atoms with Gasteiger partial charge in [-0.1, -0.05) is 30.3 Å². The summed E-state index contributed by atoms with van der Waals surface area (Å²) in [5.41, 5.74) is 5.11. The van der Waals surface area contributed by atoms with E-state index in [2.05, 4.69) is 55.7 Å². The van der Waals surface area contributed by atoms with Gasteiger partial charge in [0, 0.05) is 25.5 Å². The Labute approximate surface area is 147 Å². The predicted octanol–water partition coefficient (Wildman–Crippen LogP) is 2.95. The van der Waals surface area contributed by atoms with Crippen molar-refractivity contribution in [3.8, 4) is 0 Å². The monoisotopic (exact) mass is 339 g/mol. The number of nitrogens with zero attached hydrogens (tertiary/aromatic N) is 4. The SMILES string of the molecule is C/C(=N\NC(=S)N1CCC(c2ccccc2)CC1)c1ncccn1. The molecule has 1 aromatic carbocycles. The third kappa shape index (κ3) is 4.14. The zero-order valence-electron chi connectivity index (χ0n) is 13.7. The number of aromatic nitrogens is 2. The summed E-state index contributed by atoms with van der Waals surface area (Å²) in [6.45, 7) is 3.76. The van der Waals surface area contributed by atoms with Crippen molar-refractivity contribution in [3.05, 3.63) is 60.2 Å². The van der Waals surface area contributed by atoms with E-state index in [0.717, 1.165) is 31.6 Å². The molecule has 1 saturated heterocycles. The minimum absolute atomic E-state index is 0.607. The van der Waals surface area contributed by atoms with Crippen LogP contribution in [0, 0.1) is 0 Å². The summed E-state index contributed by atoms with van der Waals surface area (Å²) in [4.78, 5) is 10.5. The lowest BCUT2D eigenvalue weighted by Gasteiger charge is -2.33. The Balaban J connectivity index is 1.52. The minimum Gasteiger partial charge on any atom is -0.348 e. The third-order valence-corrected chi connectivity index (χ3v) is 4.61. The van der Waals surface area contributed by atoms with E-state index in [1.807, 2.05) is 6.92 Å². The number of benzene rings is 1. The molecule has 0 bridgehead atoms. The van der Waals surface area contributed by atoms with Crippen molar-refractivity contribution in [3.63, 3.8) is 0 Å². The van der Waals surface area contributed by atoms with Crippen LogP contribution in [0.4, 0.5) is 0 Å². The summed E-state index contributed by atoms with van der Waals surface area (Å²) < 4.78 is 0. The highest BCUT2D eigenvalue weighted by molar-refractivity contribution is 7.80. The van der Waals surface area contributed by atoms with Gasteiger partial charge >= 0.3 is 0 Å². The summed E-state index contributed by atoms with van der Waals surface area (Å²) >= 11 is 5.46. The molecule has 124 valence electrons. The van der Waals surface area contributed by atoms with Gasteiger partial charge in [-0.05, 0) is 49.5 Å². The quantitative estimate of drug-likeness (QED) is 0.529. The van der Waals surface area contributed by atoms with Crippen LogP contribution in [0.2, 0.25) is 0 Å². The number of rotatable bonds is 3. The fourth-order valence-corrected chi connectivity index (χ4v) is 3.11. The third-order valence-electron chi connectivity index (χ3n) is 4.26. The molecule has 0 spiro atoms. The number of hydrogen-bond acceptors (Lipinski definition) is 4. The molecule has 1 fully saturated rings. The molecule has 5 nitrogen and oxygen atoms in total. The molecule has 6 heteroatoms. The lowest BCUT2D eigenvalue weighted by molar-refractivity contribution is 0.310. The highest BCUT2D eigenvalue weighted by Crippen LogP contribution is 2.27. The summed E-state index contributed by atoms with van der Waals surface area (Å²) in [5.74, 6) is 1.23.